The lowest BCUT2D eigenvalue weighted by Gasteiger charge is -2.26. The van der Waals surface area contributed by atoms with Gasteiger partial charge in [-0.15, -0.1) is 0 Å². The molecule has 1 saturated carbocycles. The summed E-state index contributed by atoms with van der Waals surface area (Å²) < 4.78 is 0. The molecule has 1 heterocycles. The Hall–Kier alpha value is -2.10. The summed E-state index contributed by atoms with van der Waals surface area (Å²) in [4.78, 5) is 11.5. The summed E-state index contributed by atoms with van der Waals surface area (Å²) in [5, 5.41) is 3.63. The van der Waals surface area contributed by atoms with Crippen LogP contribution in [-0.2, 0) is 0 Å². The van der Waals surface area contributed by atoms with E-state index in [1.165, 1.54) is 43.4 Å². The molecule has 1 N–H and O–H groups in total. The highest BCUT2D eigenvalue weighted by atomic mass is 15.2. The van der Waals surface area contributed by atoms with Gasteiger partial charge >= 0.3 is 0 Å². The molecule has 3 rings (SSSR count). The number of aromatic nitrogens is 2. The molecule has 0 saturated heterocycles. The summed E-state index contributed by atoms with van der Waals surface area (Å²) in [5.41, 5.74) is 2.44. The van der Waals surface area contributed by atoms with E-state index in [0.29, 0.717) is 6.04 Å². The Morgan fingerprint density at radius 1 is 1.08 bits per heavy atom. The van der Waals surface area contributed by atoms with E-state index in [4.69, 9.17) is 0 Å². The van der Waals surface area contributed by atoms with Crippen molar-refractivity contribution in [3.63, 3.8) is 0 Å². The maximum absolute atomic E-state index is 4.68. The topological polar surface area (TPSA) is 41.0 Å². The molecule has 1 aliphatic carbocycles. The molecule has 2 aromatic rings. The Morgan fingerprint density at radius 3 is 2.58 bits per heavy atom. The van der Waals surface area contributed by atoms with E-state index in [0.717, 1.165) is 24.0 Å². The molecular weight excluding hydrogens is 296 g/mol. The highest BCUT2D eigenvalue weighted by molar-refractivity contribution is 5.63. The van der Waals surface area contributed by atoms with Gasteiger partial charge in [-0.3, -0.25) is 0 Å². The first-order chi connectivity index (χ1) is 11.7. The van der Waals surface area contributed by atoms with Crippen molar-refractivity contribution < 1.29 is 0 Å². The van der Waals surface area contributed by atoms with E-state index >= 15 is 0 Å². The molecule has 4 heteroatoms. The number of hydrogen-bond donors (Lipinski definition) is 1. The van der Waals surface area contributed by atoms with Gasteiger partial charge in [0, 0.05) is 24.3 Å². The van der Waals surface area contributed by atoms with Crippen molar-refractivity contribution in [1.82, 2.24) is 9.97 Å². The van der Waals surface area contributed by atoms with Crippen LogP contribution in [-0.4, -0.2) is 22.6 Å². The van der Waals surface area contributed by atoms with Gasteiger partial charge in [0.15, 0.2) is 0 Å². The minimum Gasteiger partial charge on any atom is -0.367 e. The third-order valence-corrected chi connectivity index (χ3v) is 4.69. The average Bonchev–Trinajstić information content (AvgIpc) is 2.56. The molecule has 128 valence electrons. The van der Waals surface area contributed by atoms with E-state index in [-0.39, 0.29) is 0 Å². The number of nitrogens with one attached hydrogen (secondary N) is 1. The van der Waals surface area contributed by atoms with E-state index in [1.807, 2.05) is 6.92 Å². The van der Waals surface area contributed by atoms with Crippen molar-refractivity contribution in [2.24, 2.45) is 0 Å². The van der Waals surface area contributed by atoms with Gasteiger partial charge in [-0.25, -0.2) is 9.97 Å². The lowest BCUT2D eigenvalue weighted by atomic mass is 9.95. The van der Waals surface area contributed by atoms with Crippen LogP contribution in [0.25, 0.3) is 0 Å². The summed E-state index contributed by atoms with van der Waals surface area (Å²) in [6, 6.07) is 11.2. The van der Waals surface area contributed by atoms with Crippen LogP contribution < -0.4 is 10.2 Å². The first kappa shape index (κ1) is 16.7. The Labute approximate surface area is 145 Å². The first-order valence-corrected chi connectivity index (χ1v) is 9.12. The maximum atomic E-state index is 4.68. The molecule has 0 amide bonds. The molecule has 1 aliphatic rings. The van der Waals surface area contributed by atoms with Gasteiger partial charge in [0.25, 0.3) is 0 Å². The molecule has 0 atom stereocenters. The number of anilines is 3. The molecule has 4 nitrogen and oxygen atoms in total. The molecule has 1 fully saturated rings. The van der Waals surface area contributed by atoms with Crippen LogP contribution in [0.5, 0.6) is 0 Å². The Kier molecular flexibility index (Phi) is 5.34. The fourth-order valence-corrected chi connectivity index (χ4v) is 3.49. The van der Waals surface area contributed by atoms with Gasteiger partial charge in [-0.2, -0.15) is 0 Å². The summed E-state index contributed by atoms with van der Waals surface area (Å²) in [6.07, 6.45) is 6.49. The van der Waals surface area contributed by atoms with Crippen LogP contribution in [0.4, 0.5) is 17.3 Å². The summed E-state index contributed by atoms with van der Waals surface area (Å²) in [5.74, 6) is 2.74. The van der Waals surface area contributed by atoms with Gasteiger partial charge in [-0.05, 0) is 51.3 Å². The van der Waals surface area contributed by atoms with Crippen molar-refractivity contribution in [3.8, 4) is 0 Å². The molecule has 0 unspecified atom stereocenters. The fraction of sp³-hybridized carbons (Fsp3) is 0.500. The second kappa shape index (κ2) is 7.65. The normalized spacial score (nSPS) is 15.3. The molecule has 0 aliphatic heterocycles. The number of nitrogens with zero attached hydrogens (tertiary/aromatic N) is 3. The predicted octanol–water partition coefficient (Wildman–Crippen LogP) is 5.00. The zero-order valence-electron chi connectivity index (χ0n) is 15.0. The van der Waals surface area contributed by atoms with Crippen molar-refractivity contribution >= 4 is 17.3 Å². The average molecular weight is 324 g/mol. The van der Waals surface area contributed by atoms with Crippen molar-refractivity contribution in [1.29, 1.82) is 0 Å². The van der Waals surface area contributed by atoms with Crippen LogP contribution in [0.1, 0.15) is 50.4 Å². The van der Waals surface area contributed by atoms with Crippen LogP contribution in [0, 0.1) is 13.8 Å². The SMILES string of the molecule is CCN(c1cccc(C)c1)c1cc(NC2CCCCC2)nc(C)n1. The zero-order chi connectivity index (χ0) is 16.9. The summed E-state index contributed by atoms with van der Waals surface area (Å²) >= 11 is 0. The predicted molar refractivity (Wildman–Crippen MR) is 101 cm³/mol. The third kappa shape index (κ3) is 4.05. The number of aryl methyl sites for hydroxylation is 2. The molecular formula is C20H28N4. The lowest BCUT2D eigenvalue weighted by molar-refractivity contribution is 0.461. The van der Waals surface area contributed by atoms with E-state index in [2.05, 4.69) is 64.4 Å². The van der Waals surface area contributed by atoms with Crippen molar-refractivity contribution in [2.45, 2.75) is 58.9 Å². The number of hydrogen-bond acceptors (Lipinski definition) is 4. The van der Waals surface area contributed by atoms with E-state index in [9.17, 15) is 0 Å². The summed E-state index contributed by atoms with van der Waals surface area (Å²) in [6.45, 7) is 7.13. The largest absolute Gasteiger partial charge is 0.367 e. The van der Waals surface area contributed by atoms with Gasteiger partial charge < -0.3 is 10.2 Å². The van der Waals surface area contributed by atoms with Gasteiger partial charge in [-0.1, -0.05) is 31.4 Å². The van der Waals surface area contributed by atoms with Crippen molar-refractivity contribution in [2.75, 3.05) is 16.8 Å². The van der Waals surface area contributed by atoms with E-state index in [1.54, 1.807) is 0 Å². The maximum Gasteiger partial charge on any atom is 0.138 e. The van der Waals surface area contributed by atoms with Crippen molar-refractivity contribution in [3.05, 3.63) is 41.7 Å². The van der Waals surface area contributed by atoms with Crippen LogP contribution in [0.15, 0.2) is 30.3 Å². The lowest BCUT2D eigenvalue weighted by Crippen LogP contribution is -2.24. The van der Waals surface area contributed by atoms with Crippen LogP contribution >= 0.6 is 0 Å². The quantitative estimate of drug-likeness (QED) is 0.840. The molecule has 0 bridgehead atoms. The Morgan fingerprint density at radius 2 is 1.88 bits per heavy atom. The smallest absolute Gasteiger partial charge is 0.138 e. The standard InChI is InChI=1S/C20H28N4/c1-4-24(18-12-8-9-15(2)13-18)20-14-19(21-16(3)22-20)23-17-10-6-5-7-11-17/h8-9,12-14,17H,4-7,10-11H2,1-3H3,(H,21,22,23). The van der Waals surface area contributed by atoms with Gasteiger partial charge in [0.2, 0.25) is 0 Å². The Bertz CT molecular complexity index is 677. The molecule has 24 heavy (non-hydrogen) atoms. The van der Waals surface area contributed by atoms with Gasteiger partial charge in [0.1, 0.15) is 17.5 Å². The first-order valence-electron chi connectivity index (χ1n) is 9.12. The Balaban J connectivity index is 1.86. The second-order valence-electron chi connectivity index (χ2n) is 6.72. The molecule has 0 spiro atoms. The fourth-order valence-electron chi connectivity index (χ4n) is 3.49. The minimum atomic E-state index is 0.551. The highest BCUT2D eigenvalue weighted by Crippen LogP contribution is 2.27. The monoisotopic (exact) mass is 324 g/mol. The number of rotatable bonds is 5. The van der Waals surface area contributed by atoms with Gasteiger partial charge in [0.05, 0.1) is 0 Å². The third-order valence-electron chi connectivity index (χ3n) is 4.69. The molecule has 1 aromatic heterocycles. The highest BCUT2D eigenvalue weighted by Gasteiger charge is 2.16. The number of benzene rings is 1. The minimum absolute atomic E-state index is 0.551. The molecule has 0 radical (unpaired) electrons. The summed E-state index contributed by atoms with van der Waals surface area (Å²) in [7, 11) is 0. The van der Waals surface area contributed by atoms with Crippen LogP contribution in [0.3, 0.4) is 0 Å². The zero-order valence-corrected chi connectivity index (χ0v) is 15.0. The second-order valence-corrected chi connectivity index (χ2v) is 6.72. The van der Waals surface area contributed by atoms with Crippen LogP contribution in [0.2, 0.25) is 0 Å². The molecule has 1 aromatic carbocycles. The van der Waals surface area contributed by atoms with E-state index < -0.39 is 0 Å².